The number of carbonyl (C=O) groups is 1. The zero-order valence-electron chi connectivity index (χ0n) is 18.2. The van der Waals surface area contributed by atoms with Crippen molar-refractivity contribution in [2.75, 3.05) is 23.3 Å². The van der Waals surface area contributed by atoms with Crippen molar-refractivity contribution in [3.63, 3.8) is 0 Å². The Morgan fingerprint density at radius 1 is 1.00 bits per heavy atom. The number of aromatic nitrogens is 2. The second kappa shape index (κ2) is 10.6. The van der Waals surface area contributed by atoms with Crippen LogP contribution in [0.3, 0.4) is 0 Å². The van der Waals surface area contributed by atoms with Crippen LogP contribution in [0, 0.1) is 0 Å². The van der Waals surface area contributed by atoms with Gasteiger partial charge in [-0.3, -0.25) is 14.4 Å². The number of rotatable bonds is 8. The predicted octanol–water partition coefficient (Wildman–Crippen LogP) is 5.35. The minimum absolute atomic E-state index is 0.0154. The number of ether oxygens (including phenoxy) is 1. The first-order valence-electron chi connectivity index (χ1n) is 10.1. The van der Waals surface area contributed by atoms with Crippen molar-refractivity contribution in [3.05, 3.63) is 82.8 Å². The molecule has 1 heterocycles. The largest absolute Gasteiger partial charge is 0.497 e. The molecule has 0 atom stereocenters. The lowest BCUT2D eigenvalue weighted by atomic mass is 10.2. The molecule has 0 aliphatic carbocycles. The molecule has 8 nitrogen and oxygen atoms in total. The van der Waals surface area contributed by atoms with Crippen LogP contribution in [-0.4, -0.2) is 38.2 Å². The SMILES string of the molecule is COc1ccc(-c2nnc(NC(=O)CN(c3cc(Cl)cc(Cl)c3)S(=O)(=O)c3ccccc3)s2)cc1. The average molecular weight is 549 g/mol. The van der Waals surface area contributed by atoms with Crippen LogP contribution in [0.5, 0.6) is 5.75 Å². The Kier molecular flexibility index (Phi) is 7.56. The number of methoxy groups -OCH3 is 1. The average Bonchev–Trinajstić information content (AvgIpc) is 3.30. The van der Waals surface area contributed by atoms with Gasteiger partial charge >= 0.3 is 0 Å². The number of benzene rings is 3. The summed E-state index contributed by atoms with van der Waals surface area (Å²) in [5.74, 6) is 0.0886. The topological polar surface area (TPSA) is 101 Å². The molecular weight excluding hydrogens is 531 g/mol. The van der Waals surface area contributed by atoms with E-state index in [4.69, 9.17) is 27.9 Å². The smallest absolute Gasteiger partial charge is 0.264 e. The molecule has 1 aromatic heterocycles. The lowest BCUT2D eigenvalue weighted by Gasteiger charge is -2.24. The van der Waals surface area contributed by atoms with E-state index in [9.17, 15) is 13.2 Å². The fourth-order valence-electron chi connectivity index (χ4n) is 3.13. The van der Waals surface area contributed by atoms with Crippen molar-refractivity contribution < 1.29 is 17.9 Å². The van der Waals surface area contributed by atoms with E-state index in [0.717, 1.165) is 21.2 Å². The van der Waals surface area contributed by atoms with E-state index in [1.165, 1.54) is 30.3 Å². The monoisotopic (exact) mass is 548 g/mol. The maximum absolute atomic E-state index is 13.4. The van der Waals surface area contributed by atoms with E-state index >= 15 is 0 Å². The normalized spacial score (nSPS) is 11.2. The molecule has 0 spiro atoms. The Balaban J connectivity index is 1.59. The maximum Gasteiger partial charge on any atom is 0.264 e. The Bertz CT molecular complexity index is 1430. The molecule has 1 N–H and O–H groups in total. The molecule has 0 saturated carbocycles. The van der Waals surface area contributed by atoms with E-state index in [0.29, 0.717) is 10.8 Å². The summed E-state index contributed by atoms with van der Waals surface area (Å²) in [7, 11) is -2.53. The van der Waals surface area contributed by atoms with Crippen molar-refractivity contribution in [3.8, 4) is 16.3 Å². The van der Waals surface area contributed by atoms with Gasteiger partial charge in [-0.25, -0.2) is 8.42 Å². The van der Waals surface area contributed by atoms with Gasteiger partial charge in [-0.2, -0.15) is 0 Å². The molecule has 4 aromatic rings. The summed E-state index contributed by atoms with van der Waals surface area (Å²) in [6, 6.07) is 19.3. The van der Waals surface area contributed by atoms with Crippen molar-refractivity contribution in [1.29, 1.82) is 0 Å². The van der Waals surface area contributed by atoms with Crippen LogP contribution < -0.4 is 14.4 Å². The van der Waals surface area contributed by atoms with Crippen molar-refractivity contribution in [2.45, 2.75) is 4.90 Å². The lowest BCUT2D eigenvalue weighted by molar-refractivity contribution is -0.114. The van der Waals surface area contributed by atoms with Crippen LogP contribution >= 0.6 is 34.5 Å². The van der Waals surface area contributed by atoms with Gasteiger partial charge in [0.25, 0.3) is 10.0 Å². The highest BCUT2D eigenvalue weighted by Crippen LogP contribution is 2.31. The van der Waals surface area contributed by atoms with Crippen LogP contribution in [0.1, 0.15) is 0 Å². The van der Waals surface area contributed by atoms with Crippen molar-refractivity contribution in [2.24, 2.45) is 0 Å². The molecule has 180 valence electrons. The molecule has 12 heteroatoms. The molecule has 35 heavy (non-hydrogen) atoms. The highest BCUT2D eigenvalue weighted by molar-refractivity contribution is 7.92. The Labute approximate surface area is 216 Å². The molecule has 3 aromatic carbocycles. The number of hydrogen-bond acceptors (Lipinski definition) is 7. The maximum atomic E-state index is 13.4. The lowest BCUT2D eigenvalue weighted by Crippen LogP contribution is -2.38. The third-order valence-electron chi connectivity index (χ3n) is 4.76. The van der Waals surface area contributed by atoms with Gasteiger partial charge in [0.15, 0.2) is 0 Å². The van der Waals surface area contributed by atoms with E-state index in [1.807, 2.05) is 12.1 Å². The number of anilines is 2. The standard InChI is InChI=1S/C23H18Cl2N4O4S2/c1-33-19-9-7-15(8-10-19)22-27-28-23(34-22)26-21(30)14-29(18-12-16(24)11-17(25)13-18)35(31,32)20-5-3-2-4-6-20/h2-13H,14H2,1H3,(H,26,28,30). The Morgan fingerprint density at radius 2 is 1.66 bits per heavy atom. The zero-order valence-corrected chi connectivity index (χ0v) is 21.3. The summed E-state index contributed by atoms with van der Waals surface area (Å²) in [4.78, 5) is 12.9. The van der Waals surface area contributed by atoms with Crippen LogP contribution in [-0.2, 0) is 14.8 Å². The first kappa shape index (κ1) is 24.9. The van der Waals surface area contributed by atoms with Gasteiger partial charge in [-0.1, -0.05) is 52.7 Å². The minimum Gasteiger partial charge on any atom is -0.497 e. The summed E-state index contributed by atoms with van der Waals surface area (Å²) >= 11 is 13.4. The predicted molar refractivity (Wildman–Crippen MR) is 138 cm³/mol. The van der Waals surface area contributed by atoms with Gasteiger partial charge in [-0.15, -0.1) is 10.2 Å². The summed E-state index contributed by atoms with van der Waals surface area (Å²) < 4.78 is 32.9. The molecule has 1 amide bonds. The quantitative estimate of drug-likeness (QED) is 0.318. The van der Waals surface area contributed by atoms with Crippen LogP contribution in [0.4, 0.5) is 10.8 Å². The van der Waals surface area contributed by atoms with Crippen LogP contribution in [0.15, 0.2) is 77.7 Å². The van der Waals surface area contributed by atoms with E-state index < -0.39 is 22.5 Å². The van der Waals surface area contributed by atoms with Crippen molar-refractivity contribution in [1.82, 2.24) is 10.2 Å². The highest BCUT2D eigenvalue weighted by Gasteiger charge is 2.28. The third-order valence-corrected chi connectivity index (χ3v) is 7.87. The molecule has 0 radical (unpaired) electrons. The van der Waals surface area contributed by atoms with Gasteiger partial charge in [-0.05, 0) is 54.6 Å². The molecule has 0 fully saturated rings. The van der Waals surface area contributed by atoms with Gasteiger partial charge < -0.3 is 4.74 Å². The molecule has 0 bridgehead atoms. The van der Waals surface area contributed by atoms with Gasteiger partial charge in [0.05, 0.1) is 17.7 Å². The Hall–Kier alpha value is -3.18. The third kappa shape index (κ3) is 5.91. The fourth-order valence-corrected chi connectivity index (χ4v) is 5.84. The van der Waals surface area contributed by atoms with Crippen molar-refractivity contribution >= 4 is 61.3 Å². The summed E-state index contributed by atoms with van der Waals surface area (Å²) in [6.07, 6.45) is 0. The first-order chi connectivity index (χ1) is 16.8. The second-order valence-corrected chi connectivity index (χ2v) is 10.9. The van der Waals surface area contributed by atoms with E-state index in [1.54, 1.807) is 37.4 Å². The molecule has 0 aliphatic rings. The van der Waals surface area contributed by atoms with Crippen LogP contribution in [0.25, 0.3) is 10.6 Å². The minimum atomic E-state index is -4.11. The summed E-state index contributed by atoms with van der Waals surface area (Å²) in [6.45, 7) is -0.536. The first-order valence-corrected chi connectivity index (χ1v) is 13.1. The van der Waals surface area contributed by atoms with Gasteiger partial charge in [0.1, 0.15) is 17.3 Å². The number of amides is 1. The molecular formula is C23H18Cl2N4O4S2. The molecule has 0 saturated heterocycles. The van der Waals surface area contributed by atoms with E-state index in [2.05, 4.69) is 15.5 Å². The molecule has 0 aliphatic heterocycles. The highest BCUT2D eigenvalue weighted by atomic mass is 35.5. The summed E-state index contributed by atoms with van der Waals surface area (Å²) in [5, 5.41) is 12.0. The second-order valence-electron chi connectivity index (χ2n) is 7.14. The fraction of sp³-hybridized carbons (Fsp3) is 0.0870. The Morgan fingerprint density at radius 3 is 2.29 bits per heavy atom. The van der Waals surface area contributed by atoms with Crippen LogP contribution in [0.2, 0.25) is 10.0 Å². The number of nitrogens with one attached hydrogen (secondary N) is 1. The van der Waals surface area contributed by atoms with E-state index in [-0.39, 0.29) is 25.8 Å². The number of halogens is 2. The molecule has 4 rings (SSSR count). The van der Waals surface area contributed by atoms with Gasteiger partial charge in [0, 0.05) is 15.6 Å². The number of hydrogen-bond donors (Lipinski definition) is 1. The number of sulfonamides is 1. The summed E-state index contributed by atoms with van der Waals surface area (Å²) in [5.41, 5.74) is 0.948. The van der Waals surface area contributed by atoms with Gasteiger partial charge in [0.2, 0.25) is 11.0 Å². The molecule has 0 unspecified atom stereocenters. The zero-order chi connectivity index (χ0) is 25.0. The number of nitrogens with zero attached hydrogens (tertiary/aromatic N) is 3. The number of carbonyl (C=O) groups excluding carboxylic acids is 1.